The minimum atomic E-state index is -0.483. The van der Waals surface area contributed by atoms with E-state index < -0.39 is 10.9 Å². The molecule has 0 N–H and O–H groups in total. The molecule has 6 heteroatoms. The first-order chi connectivity index (χ1) is 8.13. The molecule has 0 atom stereocenters. The highest BCUT2D eigenvalue weighted by Gasteiger charge is 2.04. The highest BCUT2D eigenvalue weighted by Crippen LogP contribution is 2.11. The van der Waals surface area contributed by atoms with Crippen LogP contribution in [0.4, 0.5) is 5.69 Å². The molecule has 0 radical (unpaired) electrons. The van der Waals surface area contributed by atoms with E-state index in [0.717, 1.165) is 0 Å². The molecule has 1 aromatic carbocycles. The molecule has 1 rings (SSSR count). The van der Waals surface area contributed by atoms with Gasteiger partial charge in [-0.3, -0.25) is 19.9 Å². The Morgan fingerprint density at radius 1 is 1.59 bits per heavy atom. The number of carbonyl (C=O) groups is 1. The van der Waals surface area contributed by atoms with E-state index in [4.69, 9.17) is 0 Å². The number of rotatable bonds is 5. The van der Waals surface area contributed by atoms with E-state index in [9.17, 15) is 14.9 Å². The van der Waals surface area contributed by atoms with E-state index >= 15 is 0 Å². The van der Waals surface area contributed by atoms with Gasteiger partial charge in [0.1, 0.15) is 6.54 Å². The zero-order chi connectivity index (χ0) is 12.7. The van der Waals surface area contributed by atoms with Gasteiger partial charge in [0.25, 0.3) is 5.69 Å². The van der Waals surface area contributed by atoms with Crippen LogP contribution in [0.5, 0.6) is 0 Å². The van der Waals surface area contributed by atoms with Gasteiger partial charge in [-0.1, -0.05) is 12.1 Å². The molecule has 0 saturated heterocycles. The van der Waals surface area contributed by atoms with Crippen LogP contribution < -0.4 is 0 Å². The second kappa shape index (κ2) is 6.37. The molecule has 0 aromatic heterocycles. The molecule has 0 fully saturated rings. The van der Waals surface area contributed by atoms with Gasteiger partial charge in [0.2, 0.25) is 0 Å². The third-order valence-corrected chi connectivity index (χ3v) is 1.85. The summed E-state index contributed by atoms with van der Waals surface area (Å²) in [5.74, 6) is -0.422. The largest absolute Gasteiger partial charge is 0.465 e. The molecule has 0 bridgehead atoms. The summed E-state index contributed by atoms with van der Waals surface area (Å²) in [6.07, 6.45) is 1.41. The first-order valence-electron chi connectivity index (χ1n) is 5.03. The minimum absolute atomic E-state index is 0.00918. The first-order valence-corrected chi connectivity index (χ1v) is 5.03. The van der Waals surface area contributed by atoms with Gasteiger partial charge in [0.15, 0.2) is 0 Å². The number of benzene rings is 1. The molecular weight excluding hydrogens is 224 g/mol. The Balaban J connectivity index is 2.62. The lowest BCUT2D eigenvalue weighted by molar-refractivity contribution is -0.384. The number of aliphatic imine (C=N–C) groups is 1. The molecule has 90 valence electrons. The van der Waals surface area contributed by atoms with Crippen LogP contribution in [0, 0.1) is 10.1 Å². The average molecular weight is 236 g/mol. The fourth-order valence-corrected chi connectivity index (χ4v) is 1.15. The maximum absolute atomic E-state index is 11.0. The van der Waals surface area contributed by atoms with Gasteiger partial charge in [0, 0.05) is 18.3 Å². The van der Waals surface area contributed by atoms with E-state index in [1.807, 2.05) is 0 Å². The van der Waals surface area contributed by atoms with Crippen molar-refractivity contribution in [3.05, 3.63) is 39.9 Å². The molecule has 17 heavy (non-hydrogen) atoms. The van der Waals surface area contributed by atoms with Crippen LogP contribution >= 0.6 is 0 Å². The van der Waals surface area contributed by atoms with E-state index in [-0.39, 0.29) is 12.2 Å². The van der Waals surface area contributed by atoms with E-state index in [1.165, 1.54) is 18.3 Å². The monoisotopic (exact) mass is 236 g/mol. The molecule has 0 aliphatic carbocycles. The topological polar surface area (TPSA) is 81.8 Å². The second-order valence-corrected chi connectivity index (χ2v) is 3.13. The number of nitro groups is 1. The number of nitrogens with zero attached hydrogens (tertiary/aromatic N) is 2. The minimum Gasteiger partial charge on any atom is -0.465 e. The van der Waals surface area contributed by atoms with Gasteiger partial charge in [0.05, 0.1) is 11.5 Å². The van der Waals surface area contributed by atoms with Gasteiger partial charge in [-0.25, -0.2) is 0 Å². The number of esters is 1. The van der Waals surface area contributed by atoms with Crippen molar-refractivity contribution in [2.24, 2.45) is 4.99 Å². The molecule has 0 aliphatic rings. The van der Waals surface area contributed by atoms with Gasteiger partial charge in [-0.2, -0.15) is 0 Å². The number of hydrogen-bond acceptors (Lipinski definition) is 5. The van der Waals surface area contributed by atoms with Crippen molar-refractivity contribution in [1.82, 2.24) is 0 Å². The number of ether oxygens (including phenoxy) is 1. The summed E-state index contributed by atoms with van der Waals surface area (Å²) in [6.45, 7) is 1.93. The third-order valence-electron chi connectivity index (χ3n) is 1.85. The first kappa shape index (κ1) is 12.8. The van der Waals surface area contributed by atoms with Crippen molar-refractivity contribution in [3.63, 3.8) is 0 Å². The van der Waals surface area contributed by atoms with Crippen LogP contribution in [0.15, 0.2) is 29.3 Å². The zero-order valence-corrected chi connectivity index (χ0v) is 9.33. The molecule has 0 heterocycles. The van der Waals surface area contributed by atoms with Crippen molar-refractivity contribution in [2.75, 3.05) is 13.2 Å². The predicted octanol–water partition coefficient (Wildman–Crippen LogP) is 1.58. The van der Waals surface area contributed by atoms with E-state index in [2.05, 4.69) is 9.73 Å². The van der Waals surface area contributed by atoms with Crippen LogP contribution in [0.1, 0.15) is 12.5 Å². The van der Waals surface area contributed by atoms with E-state index in [1.54, 1.807) is 19.1 Å². The fourth-order valence-electron chi connectivity index (χ4n) is 1.15. The summed E-state index contributed by atoms with van der Waals surface area (Å²) in [7, 11) is 0. The zero-order valence-electron chi connectivity index (χ0n) is 9.33. The third kappa shape index (κ3) is 4.42. The highest BCUT2D eigenvalue weighted by atomic mass is 16.6. The number of hydrogen-bond donors (Lipinski definition) is 0. The quantitative estimate of drug-likeness (QED) is 0.336. The van der Waals surface area contributed by atoms with Crippen LogP contribution in [-0.4, -0.2) is 30.3 Å². The predicted molar refractivity (Wildman–Crippen MR) is 62.2 cm³/mol. The van der Waals surface area contributed by atoms with Gasteiger partial charge in [-0.15, -0.1) is 0 Å². The Hall–Kier alpha value is -2.24. The standard InChI is InChI=1S/C11H12N2O4/c1-2-17-11(14)8-12-7-9-4-3-5-10(6-9)13(15)16/h3-7H,2,8H2,1H3. The van der Waals surface area contributed by atoms with Crippen molar-refractivity contribution in [1.29, 1.82) is 0 Å². The molecule has 0 saturated carbocycles. The highest BCUT2D eigenvalue weighted by molar-refractivity contribution is 5.83. The summed E-state index contributed by atoms with van der Waals surface area (Å²) in [5, 5.41) is 10.5. The number of carbonyl (C=O) groups excluding carboxylic acids is 1. The van der Waals surface area contributed by atoms with Crippen LogP contribution in [0.3, 0.4) is 0 Å². The van der Waals surface area contributed by atoms with Crippen molar-refractivity contribution >= 4 is 17.9 Å². The molecule has 6 nitrogen and oxygen atoms in total. The fraction of sp³-hybridized carbons (Fsp3) is 0.273. The molecule has 0 aliphatic heterocycles. The summed E-state index contributed by atoms with van der Waals surface area (Å²) in [6, 6.07) is 6.00. The Kier molecular flexibility index (Phi) is 4.80. The summed E-state index contributed by atoms with van der Waals surface area (Å²) in [4.78, 5) is 24.8. The van der Waals surface area contributed by atoms with E-state index in [0.29, 0.717) is 12.2 Å². The Morgan fingerprint density at radius 3 is 3.00 bits per heavy atom. The summed E-state index contributed by atoms with van der Waals surface area (Å²) >= 11 is 0. The molecule has 1 aromatic rings. The van der Waals surface area contributed by atoms with Crippen molar-refractivity contribution in [3.8, 4) is 0 Å². The number of non-ortho nitro benzene ring substituents is 1. The van der Waals surface area contributed by atoms with Gasteiger partial charge in [-0.05, 0) is 12.5 Å². The maximum Gasteiger partial charge on any atom is 0.327 e. The Morgan fingerprint density at radius 2 is 2.35 bits per heavy atom. The maximum atomic E-state index is 11.0. The average Bonchev–Trinajstić information content (AvgIpc) is 2.30. The number of nitro benzene ring substituents is 1. The lowest BCUT2D eigenvalue weighted by Gasteiger charge is -1.97. The Bertz CT molecular complexity index is 443. The van der Waals surface area contributed by atoms with Crippen LogP contribution in [0.2, 0.25) is 0 Å². The molecule has 0 spiro atoms. The second-order valence-electron chi connectivity index (χ2n) is 3.13. The molecular formula is C11H12N2O4. The lowest BCUT2D eigenvalue weighted by atomic mass is 10.2. The summed E-state index contributed by atoms with van der Waals surface area (Å²) in [5.41, 5.74) is 0.564. The normalized spacial score (nSPS) is 10.4. The summed E-state index contributed by atoms with van der Waals surface area (Å²) < 4.78 is 4.68. The SMILES string of the molecule is CCOC(=O)CN=Cc1cccc([N+](=O)[O-])c1. The van der Waals surface area contributed by atoms with Crippen LogP contribution in [0.25, 0.3) is 0 Å². The van der Waals surface area contributed by atoms with Crippen molar-refractivity contribution in [2.45, 2.75) is 6.92 Å². The smallest absolute Gasteiger partial charge is 0.327 e. The lowest BCUT2D eigenvalue weighted by Crippen LogP contribution is -2.07. The Labute approximate surface area is 98.1 Å². The van der Waals surface area contributed by atoms with Gasteiger partial charge < -0.3 is 4.74 Å². The van der Waals surface area contributed by atoms with Crippen molar-refractivity contribution < 1.29 is 14.5 Å². The molecule has 0 unspecified atom stereocenters. The molecule has 0 amide bonds. The van der Waals surface area contributed by atoms with Gasteiger partial charge >= 0.3 is 5.97 Å². The van der Waals surface area contributed by atoms with Crippen LogP contribution in [-0.2, 0) is 9.53 Å².